The van der Waals surface area contributed by atoms with Crippen molar-refractivity contribution in [1.29, 1.82) is 0 Å². The maximum Gasteiger partial charge on any atom is 0.213 e. The monoisotopic (exact) mass is 316 g/mol. The maximum atomic E-state index is 13.6. The van der Waals surface area contributed by atoms with Gasteiger partial charge in [0, 0.05) is 38.0 Å². The number of halogens is 1. The first kappa shape index (κ1) is 16.7. The zero-order chi connectivity index (χ0) is 16.5. The van der Waals surface area contributed by atoms with Crippen LogP contribution in [0.2, 0.25) is 0 Å². The molecule has 0 saturated heterocycles. The van der Waals surface area contributed by atoms with Crippen molar-refractivity contribution in [1.82, 2.24) is 15.6 Å². The number of aromatic nitrogens is 1. The van der Waals surface area contributed by atoms with E-state index < -0.39 is 0 Å². The standard InChI is InChI=1S/C17H21FN4O/c1-3-23-16-10-13(8-9-20-16)11-21-17(19-2)22-12-14-6-4-5-7-15(14)18/h4-10H,3,11-12H2,1-2H3,(H2,19,21,22). The Labute approximate surface area is 135 Å². The Hall–Kier alpha value is -2.63. The van der Waals surface area contributed by atoms with Crippen molar-refractivity contribution in [3.8, 4) is 5.88 Å². The van der Waals surface area contributed by atoms with Gasteiger partial charge in [0.05, 0.1) is 6.61 Å². The van der Waals surface area contributed by atoms with Crippen LogP contribution in [0.3, 0.4) is 0 Å². The van der Waals surface area contributed by atoms with Gasteiger partial charge >= 0.3 is 0 Å². The van der Waals surface area contributed by atoms with Gasteiger partial charge in [-0.25, -0.2) is 9.37 Å². The minimum absolute atomic E-state index is 0.231. The Morgan fingerprint density at radius 2 is 2.00 bits per heavy atom. The van der Waals surface area contributed by atoms with Gasteiger partial charge in [-0.05, 0) is 24.6 Å². The highest BCUT2D eigenvalue weighted by atomic mass is 19.1. The minimum atomic E-state index is -0.231. The van der Waals surface area contributed by atoms with E-state index in [0.717, 1.165) is 5.56 Å². The van der Waals surface area contributed by atoms with Crippen LogP contribution in [0.25, 0.3) is 0 Å². The number of pyridine rings is 1. The SMILES string of the molecule is CCOc1cc(CNC(=NC)NCc2ccccc2F)ccn1. The molecule has 6 heteroatoms. The molecule has 0 unspecified atom stereocenters. The van der Waals surface area contributed by atoms with Crippen molar-refractivity contribution in [2.24, 2.45) is 4.99 Å². The van der Waals surface area contributed by atoms with Gasteiger partial charge in [-0.1, -0.05) is 18.2 Å². The molecule has 1 aromatic carbocycles. The largest absolute Gasteiger partial charge is 0.478 e. The molecule has 0 fully saturated rings. The van der Waals surface area contributed by atoms with E-state index in [4.69, 9.17) is 4.74 Å². The first-order valence-electron chi connectivity index (χ1n) is 7.48. The molecule has 1 heterocycles. The topological polar surface area (TPSA) is 58.5 Å². The third-order valence-electron chi connectivity index (χ3n) is 3.18. The molecule has 0 aliphatic heterocycles. The summed E-state index contributed by atoms with van der Waals surface area (Å²) in [5.41, 5.74) is 1.62. The van der Waals surface area contributed by atoms with Gasteiger partial charge in [0.15, 0.2) is 5.96 Å². The highest BCUT2D eigenvalue weighted by molar-refractivity contribution is 5.79. The van der Waals surface area contributed by atoms with Crippen LogP contribution in [0.15, 0.2) is 47.6 Å². The van der Waals surface area contributed by atoms with Gasteiger partial charge in [-0.3, -0.25) is 4.99 Å². The van der Waals surface area contributed by atoms with Gasteiger partial charge in [0.1, 0.15) is 5.82 Å². The fourth-order valence-electron chi connectivity index (χ4n) is 2.01. The molecule has 2 rings (SSSR count). The summed E-state index contributed by atoms with van der Waals surface area (Å²) in [6.07, 6.45) is 1.71. The second-order valence-corrected chi connectivity index (χ2v) is 4.81. The third kappa shape index (κ3) is 5.25. The molecule has 0 bridgehead atoms. The quantitative estimate of drug-likeness (QED) is 0.635. The lowest BCUT2D eigenvalue weighted by atomic mass is 10.2. The molecule has 0 spiro atoms. The fraction of sp³-hybridized carbons (Fsp3) is 0.294. The van der Waals surface area contributed by atoms with Crippen LogP contribution in [0.1, 0.15) is 18.1 Å². The molecule has 0 amide bonds. The Morgan fingerprint density at radius 3 is 2.74 bits per heavy atom. The Balaban J connectivity index is 1.88. The normalized spacial score (nSPS) is 11.2. The summed E-state index contributed by atoms with van der Waals surface area (Å²) in [7, 11) is 1.68. The average Bonchev–Trinajstić information content (AvgIpc) is 2.57. The second kappa shape index (κ2) is 8.73. The predicted octanol–water partition coefficient (Wildman–Crippen LogP) is 2.48. The average molecular weight is 316 g/mol. The van der Waals surface area contributed by atoms with E-state index in [0.29, 0.717) is 37.1 Å². The van der Waals surface area contributed by atoms with Crippen LogP contribution >= 0.6 is 0 Å². The molecule has 23 heavy (non-hydrogen) atoms. The zero-order valence-corrected chi connectivity index (χ0v) is 13.3. The van der Waals surface area contributed by atoms with Crippen molar-refractivity contribution in [3.63, 3.8) is 0 Å². The van der Waals surface area contributed by atoms with Crippen molar-refractivity contribution in [2.45, 2.75) is 20.0 Å². The fourth-order valence-corrected chi connectivity index (χ4v) is 2.01. The number of rotatable bonds is 6. The van der Waals surface area contributed by atoms with Crippen LogP contribution < -0.4 is 15.4 Å². The van der Waals surface area contributed by atoms with Gasteiger partial charge < -0.3 is 15.4 Å². The van der Waals surface area contributed by atoms with Gasteiger partial charge in [0.2, 0.25) is 5.88 Å². The summed E-state index contributed by atoms with van der Waals surface area (Å²) >= 11 is 0. The molecule has 2 N–H and O–H groups in total. The summed E-state index contributed by atoms with van der Waals surface area (Å²) in [6, 6.07) is 10.4. The minimum Gasteiger partial charge on any atom is -0.478 e. The molecule has 0 saturated carbocycles. The summed E-state index contributed by atoms with van der Waals surface area (Å²) in [5.74, 6) is 0.968. The number of nitrogens with one attached hydrogen (secondary N) is 2. The summed E-state index contributed by atoms with van der Waals surface area (Å²) in [6.45, 7) is 3.43. The van der Waals surface area contributed by atoms with E-state index in [1.54, 1.807) is 25.4 Å². The van der Waals surface area contributed by atoms with Crippen LogP contribution in [0.5, 0.6) is 5.88 Å². The predicted molar refractivity (Wildman–Crippen MR) is 88.8 cm³/mol. The van der Waals surface area contributed by atoms with Crippen molar-refractivity contribution in [3.05, 3.63) is 59.5 Å². The molecule has 122 valence electrons. The van der Waals surface area contributed by atoms with E-state index in [1.807, 2.05) is 25.1 Å². The lowest BCUT2D eigenvalue weighted by molar-refractivity contribution is 0.326. The molecule has 1 aromatic heterocycles. The Bertz CT molecular complexity index is 661. The first-order chi connectivity index (χ1) is 11.2. The van der Waals surface area contributed by atoms with Crippen LogP contribution in [0.4, 0.5) is 4.39 Å². The number of hydrogen-bond donors (Lipinski definition) is 2. The van der Waals surface area contributed by atoms with Crippen LogP contribution in [-0.2, 0) is 13.1 Å². The molecule has 0 aliphatic rings. The molecule has 0 radical (unpaired) electrons. The zero-order valence-electron chi connectivity index (χ0n) is 13.3. The Morgan fingerprint density at radius 1 is 1.22 bits per heavy atom. The first-order valence-corrected chi connectivity index (χ1v) is 7.48. The molecule has 0 aliphatic carbocycles. The highest BCUT2D eigenvalue weighted by Crippen LogP contribution is 2.09. The molecular weight excluding hydrogens is 295 g/mol. The number of nitrogens with zero attached hydrogens (tertiary/aromatic N) is 2. The van der Waals surface area contributed by atoms with E-state index in [9.17, 15) is 4.39 Å². The van der Waals surface area contributed by atoms with Gasteiger partial charge in [0.25, 0.3) is 0 Å². The molecule has 5 nitrogen and oxygen atoms in total. The number of hydrogen-bond acceptors (Lipinski definition) is 3. The summed E-state index contributed by atoms with van der Waals surface area (Å²) in [4.78, 5) is 8.26. The van der Waals surface area contributed by atoms with Crippen molar-refractivity contribution < 1.29 is 9.13 Å². The maximum absolute atomic E-state index is 13.6. The molecule has 2 aromatic rings. The second-order valence-electron chi connectivity index (χ2n) is 4.81. The summed E-state index contributed by atoms with van der Waals surface area (Å²) < 4.78 is 19.0. The summed E-state index contributed by atoms with van der Waals surface area (Å²) in [5, 5.41) is 6.27. The number of guanidine groups is 1. The van der Waals surface area contributed by atoms with E-state index in [-0.39, 0.29) is 5.82 Å². The number of ether oxygens (including phenoxy) is 1. The van der Waals surface area contributed by atoms with E-state index >= 15 is 0 Å². The van der Waals surface area contributed by atoms with Gasteiger partial charge in [-0.15, -0.1) is 0 Å². The number of benzene rings is 1. The number of aliphatic imine (C=N–C) groups is 1. The third-order valence-corrected chi connectivity index (χ3v) is 3.18. The van der Waals surface area contributed by atoms with Gasteiger partial charge in [-0.2, -0.15) is 0 Å². The smallest absolute Gasteiger partial charge is 0.213 e. The lowest BCUT2D eigenvalue weighted by Crippen LogP contribution is -2.36. The Kier molecular flexibility index (Phi) is 6.35. The van der Waals surface area contributed by atoms with E-state index in [1.165, 1.54) is 6.07 Å². The van der Waals surface area contributed by atoms with Crippen molar-refractivity contribution in [2.75, 3.05) is 13.7 Å². The molecule has 0 atom stereocenters. The molecular formula is C17H21FN4O. The van der Waals surface area contributed by atoms with Crippen LogP contribution in [-0.4, -0.2) is 24.6 Å². The van der Waals surface area contributed by atoms with Crippen LogP contribution in [0, 0.1) is 5.82 Å². The van der Waals surface area contributed by atoms with E-state index in [2.05, 4.69) is 20.6 Å². The lowest BCUT2D eigenvalue weighted by Gasteiger charge is -2.12. The van der Waals surface area contributed by atoms with Crippen molar-refractivity contribution >= 4 is 5.96 Å². The highest BCUT2D eigenvalue weighted by Gasteiger charge is 2.03.